The van der Waals surface area contributed by atoms with Crippen LogP contribution in [0, 0.1) is 0 Å². The number of carbonyl (C=O) groups is 1. The number of likely N-dealkylation sites (tertiary alicyclic amines) is 1. The quantitative estimate of drug-likeness (QED) is 0.641. The molecule has 3 aromatic rings. The molecule has 1 unspecified atom stereocenters. The van der Waals surface area contributed by atoms with Crippen LogP contribution in [-0.2, 0) is 24.3 Å². The number of thiophene rings is 2. The standard InChI is InChI=1S/C20H23N3O3S2/c1-14-5-2-3-9-21(14)17(24)13-23-16-8-12-28-18(16)19(25)22(20(23)26)10-7-15-6-4-11-27-15/h4,6,8,11-12,14H,2-3,5,7,9-10,13H2,1H3. The fourth-order valence-corrected chi connectivity index (χ4v) is 5.40. The molecule has 1 atom stereocenters. The monoisotopic (exact) mass is 417 g/mol. The van der Waals surface area contributed by atoms with Gasteiger partial charge in [0.05, 0.1) is 5.52 Å². The first-order valence-electron chi connectivity index (χ1n) is 9.59. The van der Waals surface area contributed by atoms with Crippen LogP contribution in [0.25, 0.3) is 10.2 Å². The van der Waals surface area contributed by atoms with Gasteiger partial charge in [-0.25, -0.2) is 4.79 Å². The van der Waals surface area contributed by atoms with Gasteiger partial charge in [0.15, 0.2) is 0 Å². The SMILES string of the molecule is CC1CCCCN1C(=O)Cn1c(=O)n(CCc2cccs2)c(=O)c2sccc21. The van der Waals surface area contributed by atoms with Crippen LogP contribution in [-0.4, -0.2) is 32.5 Å². The normalized spacial score (nSPS) is 17.3. The number of hydrogen-bond acceptors (Lipinski definition) is 5. The number of aromatic nitrogens is 2. The molecule has 6 nitrogen and oxygen atoms in total. The minimum absolute atomic E-state index is 0.0182. The summed E-state index contributed by atoms with van der Waals surface area (Å²) in [5.41, 5.74) is -0.0996. The molecule has 1 aliphatic heterocycles. The summed E-state index contributed by atoms with van der Waals surface area (Å²) in [6.45, 7) is 3.09. The number of amides is 1. The van der Waals surface area contributed by atoms with Gasteiger partial charge in [-0.1, -0.05) is 6.07 Å². The summed E-state index contributed by atoms with van der Waals surface area (Å²) >= 11 is 2.93. The lowest BCUT2D eigenvalue weighted by atomic mass is 10.0. The van der Waals surface area contributed by atoms with Gasteiger partial charge in [0.25, 0.3) is 5.56 Å². The highest BCUT2D eigenvalue weighted by Crippen LogP contribution is 2.19. The van der Waals surface area contributed by atoms with Crippen LogP contribution >= 0.6 is 22.7 Å². The number of rotatable bonds is 5. The van der Waals surface area contributed by atoms with E-state index in [0.717, 1.165) is 30.7 Å². The molecule has 3 aromatic heterocycles. The summed E-state index contributed by atoms with van der Waals surface area (Å²) in [4.78, 5) is 41.9. The molecule has 0 bridgehead atoms. The summed E-state index contributed by atoms with van der Waals surface area (Å²) < 4.78 is 3.29. The molecule has 148 valence electrons. The fraction of sp³-hybridized carbons (Fsp3) is 0.450. The van der Waals surface area contributed by atoms with E-state index in [1.807, 2.05) is 22.4 Å². The molecule has 0 radical (unpaired) electrons. The number of carbonyl (C=O) groups excluding carboxylic acids is 1. The van der Waals surface area contributed by atoms with E-state index in [9.17, 15) is 14.4 Å². The zero-order chi connectivity index (χ0) is 19.7. The number of fused-ring (bicyclic) bond motifs is 1. The van der Waals surface area contributed by atoms with Crippen molar-refractivity contribution in [2.24, 2.45) is 0 Å². The van der Waals surface area contributed by atoms with Crippen LogP contribution in [0.5, 0.6) is 0 Å². The molecule has 0 aromatic carbocycles. The summed E-state index contributed by atoms with van der Waals surface area (Å²) in [5, 5.41) is 3.79. The van der Waals surface area contributed by atoms with Crippen LogP contribution in [0.1, 0.15) is 31.1 Å². The van der Waals surface area contributed by atoms with Crippen LogP contribution in [0.4, 0.5) is 0 Å². The second-order valence-electron chi connectivity index (χ2n) is 7.22. The van der Waals surface area contributed by atoms with Gasteiger partial charge in [-0.3, -0.25) is 18.7 Å². The Morgan fingerprint density at radius 1 is 1.14 bits per heavy atom. The maximum Gasteiger partial charge on any atom is 0.332 e. The highest BCUT2D eigenvalue weighted by molar-refractivity contribution is 7.17. The van der Waals surface area contributed by atoms with E-state index in [2.05, 4.69) is 6.92 Å². The Morgan fingerprint density at radius 3 is 2.75 bits per heavy atom. The van der Waals surface area contributed by atoms with Gasteiger partial charge in [-0.15, -0.1) is 22.7 Å². The number of nitrogens with zero attached hydrogens (tertiary/aromatic N) is 3. The van der Waals surface area contributed by atoms with Crippen LogP contribution in [0.2, 0.25) is 0 Å². The lowest BCUT2D eigenvalue weighted by molar-refractivity contribution is -0.135. The van der Waals surface area contributed by atoms with Crippen molar-refractivity contribution >= 4 is 38.8 Å². The van der Waals surface area contributed by atoms with E-state index < -0.39 is 5.69 Å². The van der Waals surface area contributed by atoms with E-state index in [1.54, 1.807) is 22.8 Å². The molecular formula is C20H23N3O3S2. The van der Waals surface area contributed by atoms with Crippen LogP contribution < -0.4 is 11.2 Å². The molecule has 0 saturated carbocycles. The number of hydrogen-bond donors (Lipinski definition) is 0. The molecule has 1 fully saturated rings. The van der Waals surface area contributed by atoms with Crippen molar-refractivity contribution in [3.63, 3.8) is 0 Å². The molecule has 4 heterocycles. The molecule has 0 N–H and O–H groups in total. The second-order valence-corrected chi connectivity index (χ2v) is 9.17. The minimum atomic E-state index is -0.398. The Morgan fingerprint density at radius 2 is 2.00 bits per heavy atom. The highest BCUT2D eigenvalue weighted by atomic mass is 32.1. The average molecular weight is 418 g/mol. The third-order valence-corrected chi connectivity index (χ3v) is 7.24. The zero-order valence-corrected chi connectivity index (χ0v) is 17.4. The summed E-state index contributed by atoms with van der Waals surface area (Å²) in [6.07, 6.45) is 3.75. The van der Waals surface area contributed by atoms with Crippen molar-refractivity contribution in [2.75, 3.05) is 6.54 Å². The van der Waals surface area contributed by atoms with Gasteiger partial charge in [-0.05, 0) is 55.5 Å². The van der Waals surface area contributed by atoms with Crippen molar-refractivity contribution in [2.45, 2.75) is 51.7 Å². The predicted octanol–water partition coefficient (Wildman–Crippen LogP) is 2.93. The Kier molecular flexibility index (Phi) is 5.50. The van der Waals surface area contributed by atoms with E-state index >= 15 is 0 Å². The fourth-order valence-electron chi connectivity index (χ4n) is 3.85. The third kappa shape index (κ3) is 3.58. The van der Waals surface area contributed by atoms with Crippen molar-refractivity contribution in [1.29, 1.82) is 0 Å². The molecule has 28 heavy (non-hydrogen) atoms. The summed E-state index contributed by atoms with van der Waals surface area (Å²) in [6, 6.07) is 5.92. The first kappa shape index (κ1) is 19.1. The molecule has 1 aliphatic rings. The van der Waals surface area contributed by atoms with Crippen LogP contribution in [0.3, 0.4) is 0 Å². The smallest absolute Gasteiger partial charge is 0.332 e. The van der Waals surface area contributed by atoms with E-state index in [-0.39, 0.29) is 24.1 Å². The lowest BCUT2D eigenvalue weighted by Gasteiger charge is -2.33. The second kappa shape index (κ2) is 8.05. The maximum absolute atomic E-state index is 13.1. The van der Waals surface area contributed by atoms with Gasteiger partial charge >= 0.3 is 5.69 Å². The van der Waals surface area contributed by atoms with Crippen molar-refractivity contribution in [1.82, 2.24) is 14.0 Å². The van der Waals surface area contributed by atoms with Crippen molar-refractivity contribution in [3.05, 3.63) is 54.7 Å². The molecule has 4 rings (SSSR count). The zero-order valence-electron chi connectivity index (χ0n) is 15.8. The highest BCUT2D eigenvalue weighted by Gasteiger charge is 2.25. The minimum Gasteiger partial charge on any atom is -0.338 e. The topological polar surface area (TPSA) is 64.3 Å². The summed E-state index contributed by atoms with van der Waals surface area (Å²) in [5.74, 6) is -0.0507. The Hall–Kier alpha value is -2.19. The van der Waals surface area contributed by atoms with Gasteiger partial charge in [0.1, 0.15) is 11.2 Å². The maximum atomic E-state index is 13.1. The Labute approximate surface area is 170 Å². The van der Waals surface area contributed by atoms with E-state index in [0.29, 0.717) is 23.2 Å². The number of aryl methyl sites for hydroxylation is 1. The van der Waals surface area contributed by atoms with Gasteiger partial charge in [-0.2, -0.15) is 0 Å². The number of piperidine rings is 1. The molecule has 1 saturated heterocycles. The predicted molar refractivity (Wildman–Crippen MR) is 113 cm³/mol. The third-order valence-electron chi connectivity index (χ3n) is 5.42. The first-order chi connectivity index (χ1) is 13.6. The molecule has 1 amide bonds. The van der Waals surface area contributed by atoms with Gasteiger partial charge < -0.3 is 4.90 Å². The molecule has 0 aliphatic carbocycles. The largest absolute Gasteiger partial charge is 0.338 e. The van der Waals surface area contributed by atoms with E-state index in [1.165, 1.54) is 20.5 Å². The van der Waals surface area contributed by atoms with Crippen molar-refractivity contribution in [3.8, 4) is 0 Å². The average Bonchev–Trinajstić information content (AvgIpc) is 3.37. The van der Waals surface area contributed by atoms with Crippen molar-refractivity contribution < 1.29 is 4.79 Å². The molecular weight excluding hydrogens is 394 g/mol. The van der Waals surface area contributed by atoms with Gasteiger partial charge in [0.2, 0.25) is 5.91 Å². The lowest BCUT2D eigenvalue weighted by Crippen LogP contribution is -2.47. The van der Waals surface area contributed by atoms with Gasteiger partial charge in [0, 0.05) is 24.0 Å². The molecule has 8 heteroatoms. The van der Waals surface area contributed by atoms with E-state index in [4.69, 9.17) is 0 Å². The molecule has 0 spiro atoms. The Bertz CT molecular complexity index is 1090. The first-order valence-corrected chi connectivity index (χ1v) is 11.3. The van der Waals surface area contributed by atoms with Crippen LogP contribution in [0.15, 0.2) is 38.5 Å². The Balaban J connectivity index is 1.69. The summed E-state index contributed by atoms with van der Waals surface area (Å²) in [7, 11) is 0.